The number of halogens is 1. The van der Waals surface area contributed by atoms with Crippen molar-refractivity contribution in [3.05, 3.63) is 84.2 Å². The quantitative estimate of drug-likeness (QED) is 0.452. The molecule has 3 aromatic rings. The molecule has 8 nitrogen and oxygen atoms in total. The summed E-state index contributed by atoms with van der Waals surface area (Å²) in [6.07, 6.45) is 0.190. The molecule has 1 aliphatic heterocycles. The van der Waals surface area contributed by atoms with Gasteiger partial charge in [0.2, 0.25) is 5.91 Å². The third-order valence-electron chi connectivity index (χ3n) is 5.93. The van der Waals surface area contributed by atoms with Gasteiger partial charge in [0.25, 0.3) is 5.91 Å². The van der Waals surface area contributed by atoms with Crippen LogP contribution in [0.4, 0.5) is 20.6 Å². The van der Waals surface area contributed by atoms with E-state index in [0.29, 0.717) is 29.3 Å². The lowest BCUT2D eigenvalue weighted by molar-refractivity contribution is -0.124. The molecule has 0 aliphatic carbocycles. The van der Waals surface area contributed by atoms with Gasteiger partial charge in [0, 0.05) is 12.2 Å². The summed E-state index contributed by atoms with van der Waals surface area (Å²) in [6.45, 7) is 0.206. The molecule has 0 radical (unpaired) electrons. The molecule has 1 saturated heterocycles. The van der Waals surface area contributed by atoms with Crippen LogP contribution in [0.15, 0.2) is 72.8 Å². The Hall–Kier alpha value is -4.40. The van der Waals surface area contributed by atoms with Crippen molar-refractivity contribution in [2.75, 3.05) is 31.0 Å². The van der Waals surface area contributed by atoms with E-state index in [1.165, 1.54) is 36.3 Å². The third-order valence-corrected chi connectivity index (χ3v) is 5.93. The molecule has 1 unspecified atom stereocenters. The van der Waals surface area contributed by atoms with Crippen LogP contribution in [0.2, 0.25) is 0 Å². The maximum absolute atomic E-state index is 13.4. The van der Waals surface area contributed by atoms with E-state index in [1.54, 1.807) is 43.5 Å². The highest BCUT2D eigenvalue weighted by Gasteiger charge is 2.46. The molecule has 1 fully saturated rings. The first-order valence-corrected chi connectivity index (χ1v) is 11.4. The Labute approximate surface area is 208 Å². The second kappa shape index (κ2) is 10.9. The molecular formula is C27H26FN3O5. The van der Waals surface area contributed by atoms with Gasteiger partial charge in [-0.3, -0.25) is 9.59 Å². The largest absolute Gasteiger partial charge is 0.493 e. The predicted octanol–water partition coefficient (Wildman–Crippen LogP) is 4.25. The number of nitrogens with zero attached hydrogens (tertiary/aromatic N) is 2. The number of anilines is 2. The fourth-order valence-corrected chi connectivity index (χ4v) is 4.11. The van der Waals surface area contributed by atoms with Gasteiger partial charge in [-0.15, -0.1) is 0 Å². The van der Waals surface area contributed by atoms with Crippen LogP contribution in [0.25, 0.3) is 0 Å². The van der Waals surface area contributed by atoms with Crippen LogP contribution in [0.3, 0.4) is 0 Å². The van der Waals surface area contributed by atoms with Crippen molar-refractivity contribution in [1.29, 1.82) is 0 Å². The zero-order chi connectivity index (χ0) is 25.7. The molecule has 0 bridgehead atoms. The second-order valence-electron chi connectivity index (χ2n) is 8.20. The van der Waals surface area contributed by atoms with Crippen LogP contribution in [0, 0.1) is 5.82 Å². The van der Waals surface area contributed by atoms with E-state index >= 15 is 0 Å². The second-order valence-corrected chi connectivity index (χ2v) is 8.20. The van der Waals surface area contributed by atoms with Crippen molar-refractivity contribution < 1.29 is 28.2 Å². The normalized spacial score (nSPS) is 15.2. The fraction of sp³-hybridized carbons (Fsp3) is 0.222. The summed E-state index contributed by atoms with van der Waals surface area (Å²) in [6, 6.07) is 17.9. The number of hydrogen-bond donors (Lipinski definition) is 1. The highest BCUT2D eigenvalue weighted by molar-refractivity contribution is 6.22. The van der Waals surface area contributed by atoms with Gasteiger partial charge in [-0.05, 0) is 60.5 Å². The zero-order valence-corrected chi connectivity index (χ0v) is 19.9. The van der Waals surface area contributed by atoms with Gasteiger partial charge in [-0.1, -0.05) is 24.3 Å². The molecule has 1 aliphatic rings. The van der Waals surface area contributed by atoms with E-state index in [9.17, 15) is 18.8 Å². The average Bonchev–Trinajstić information content (AvgIpc) is 3.12. The SMILES string of the molecule is COc1ccc(CCN2C(=O)N(c3ccccc3)C(=O)C2CC(=O)Nc2ccc(F)cc2)cc1OC. The van der Waals surface area contributed by atoms with Crippen LogP contribution >= 0.6 is 0 Å². The number of urea groups is 1. The smallest absolute Gasteiger partial charge is 0.332 e. The van der Waals surface area contributed by atoms with Gasteiger partial charge >= 0.3 is 6.03 Å². The monoisotopic (exact) mass is 491 g/mol. The highest BCUT2D eigenvalue weighted by atomic mass is 19.1. The molecule has 1 N–H and O–H groups in total. The van der Waals surface area contributed by atoms with Crippen LogP contribution in [0.1, 0.15) is 12.0 Å². The minimum Gasteiger partial charge on any atom is -0.493 e. The summed E-state index contributed by atoms with van der Waals surface area (Å²) in [5, 5.41) is 2.66. The van der Waals surface area contributed by atoms with Crippen LogP contribution < -0.4 is 19.7 Å². The van der Waals surface area contributed by atoms with E-state index in [-0.39, 0.29) is 13.0 Å². The zero-order valence-electron chi connectivity index (χ0n) is 19.9. The standard InChI is InChI=1S/C27H26FN3O5/c1-35-23-13-8-18(16-24(23)36-2)14-15-30-22(17-25(32)29-20-11-9-19(28)10-12-20)26(33)31(27(30)34)21-6-4-3-5-7-21/h3-13,16,22H,14-15,17H2,1-2H3,(H,29,32). The van der Waals surface area contributed by atoms with Gasteiger partial charge in [-0.2, -0.15) is 0 Å². The summed E-state index contributed by atoms with van der Waals surface area (Å²) >= 11 is 0. The Bertz CT molecular complexity index is 1250. The fourth-order valence-electron chi connectivity index (χ4n) is 4.11. The van der Waals surface area contributed by atoms with Crippen molar-refractivity contribution in [3.8, 4) is 11.5 Å². The molecule has 0 saturated carbocycles. The molecule has 9 heteroatoms. The third kappa shape index (κ3) is 5.30. The number of methoxy groups -OCH3 is 2. The Kier molecular flexibility index (Phi) is 7.48. The number of imide groups is 1. The number of hydrogen-bond acceptors (Lipinski definition) is 5. The number of benzene rings is 3. The Balaban J connectivity index is 1.55. The topological polar surface area (TPSA) is 88.2 Å². The number of amides is 4. The number of ether oxygens (including phenoxy) is 2. The first kappa shape index (κ1) is 24.7. The predicted molar refractivity (Wildman–Crippen MR) is 133 cm³/mol. The van der Waals surface area contributed by atoms with E-state index in [4.69, 9.17) is 9.47 Å². The maximum Gasteiger partial charge on any atom is 0.332 e. The van der Waals surface area contributed by atoms with Crippen molar-refractivity contribution in [1.82, 2.24) is 4.90 Å². The first-order chi connectivity index (χ1) is 17.4. The number of para-hydroxylation sites is 1. The number of carbonyl (C=O) groups is 3. The molecule has 186 valence electrons. The van der Waals surface area contributed by atoms with E-state index in [1.807, 2.05) is 12.1 Å². The van der Waals surface area contributed by atoms with Crippen molar-refractivity contribution >= 4 is 29.2 Å². The summed E-state index contributed by atoms with van der Waals surface area (Å²) < 4.78 is 23.8. The van der Waals surface area contributed by atoms with Gasteiger partial charge in [0.15, 0.2) is 11.5 Å². The van der Waals surface area contributed by atoms with Crippen LogP contribution in [-0.4, -0.2) is 49.6 Å². The molecule has 0 aromatic heterocycles. The molecule has 3 aromatic carbocycles. The summed E-state index contributed by atoms with van der Waals surface area (Å²) in [7, 11) is 3.09. The van der Waals surface area contributed by atoms with E-state index in [2.05, 4.69) is 5.32 Å². The Morgan fingerprint density at radius 3 is 2.31 bits per heavy atom. The van der Waals surface area contributed by atoms with Crippen molar-refractivity contribution in [3.63, 3.8) is 0 Å². The lowest BCUT2D eigenvalue weighted by Crippen LogP contribution is -2.39. The van der Waals surface area contributed by atoms with Gasteiger partial charge in [0.1, 0.15) is 11.9 Å². The summed E-state index contributed by atoms with van der Waals surface area (Å²) in [5.74, 6) is -0.227. The molecule has 4 amide bonds. The maximum atomic E-state index is 13.4. The molecule has 36 heavy (non-hydrogen) atoms. The van der Waals surface area contributed by atoms with Gasteiger partial charge in [-0.25, -0.2) is 14.1 Å². The molecule has 0 spiro atoms. The average molecular weight is 492 g/mol. The lowest BCUT2D eigenvalue weighted by Gasteiger charge is -2.22. The molecular weight excluding hydrogens is 465 g/mol. The number of rotatable bonds is 9. The molecule has 1 heterocycles. The minimum atomic E-state index is -0.988. The Morgan fingerprint density at radius 1 is 0.944 bits per heavy atom. The summed E-state index contributed by atoms with van der Waals surface area (Å²) in [5.41, 5.74) is 1.71. The number of nitrogens with one attached hydrogen (secondary N) is 1. The lowest BCUT2D eigenvalue weighted by atomic mass is 10.1. The van der Waals surface area contributed by atoms with E-state index < -0.39 is 29.7 Å². The van der Waals surface area contributed by atoms with Crippen molar-refractivity contribution in [2.24, 2.45) is 0 Å². The Morgan fingerprint density at radius 2 is 1.64 bits per heavy atom. The van der Waals surface area contributed by atoms with Crippen LogP contribution in [-0.2, 0) is 16.0 Å². The van der Waals surface area contributed by atoms with E-state index in [0.717, 1.165) is 10.5 Å². The van der Waals surface area contributed by atoms with Gasteiger partial charge in [0.05, 0.1) is 26.3 Å². The molecule has 1 atom stereocenters. The van der Waals surface area contributed by atoms with Crippen LogP contribution in [0.5, 0.6) is 11.5 Å². The highest BCUT2D eigenvalue weighted by Crippen LogP contribution is 2.30. The summed E-state index contributed by atoms with van der Waals surface area (Å²) in [4.78, 5) is 42.0. The minimum absolute atomic E-state index is 0.206. The first-order valence-electron chi connectivity index (χ1n) is 11.4. The van der Waals surface area contributed by atoms with Crippen molar-refractivity contribution in [2.45, 2.75) is 18.9 Å². The molecule has 4 rings (SSSR count). The number of carbonyl (C=O) groups excluding carboxylic acids is 3. The van der Waals surface area contributed by atoms with Gasteiger partial charge < -0.3 is 19.7 Å².